The van der Waals surface area contributed by atoms with E-state index in [1.807, 2.05) is 30.3 Å². The van der Waals surface area contributed by atoms with Gasteiger partial charge in [-0.05, 0) is 11.1 Å². The minimum absolute atomic E-state index is 0.719. The molecule has 1 rings (SSSR count). The average molecular weight is 162 g/mol. The van der Waals surface area contributed by atoms with Gasteiger partial charge in [-0.15, -0.1) is 12.6 Å². The van der Waals surface area contributed by atoms with Gasteiger partial charge in [0.05, 0.1) is 0 Å². The largest absolute Gasteiger partial charge is 0.143 e. The van der Waals surface area contributed by atoms with E-state index >= 15 is 0 Å². The SMILES string of the molecule is C=C(S)C(=C)c1ccccc1. The number of hydrogen-bond acceptors (Lipinski definition) is 1. The van der Waals surface area contributed by atoms with E-state index in [-0.39, 0.29) is 0 Å². The molecule has 1 aromatic carbocycles. The van der Waals surface area contributed by atoms with E-state index in [0.717, 1.165) is 16.0 Å². The molecule has 0 heterocycles. The van der Waals surface area contributed by atoms with Gasteiger partial charge in [-0.2, -0.15) is 0 Å². The van der Waals surface area contributed by atoms with Gasteiger partial charge in [-0.1, -0.05) is 43.5 Å². The van der Waals surface area contributed by atoms with Crippen LogP contribution >= 0.6 is 12.6 Å². The van der Waals surface area contributed by atoms with E-state index in [9.17, 15) is 0 Å². The summed E-state index contributed by atoms with van der Waals surface area (Å²) in [6, 6.07) is 9.89. The lowest BCUT2D eigenvalue weighted by Gasteiger charge is -2.02. The number of rotatable bonds is 2. The summed E-state index contributed by atoms with van der Waals surface area (Å²) in [6.45, 7) is 7.54. The zero-order chi connectivity index (χ0) is 8.27. The Labute approximate surface area is 72.7 Å². The highest BCUT2D eigenvalue weighted by Crippen LogP contribution is 2.21. The first-order valence-corrected chi connectivity index (χ1v) is 3.79. The van der Waals surface area contributed by atoms with Crippen LogP contribution in [-0.2, 0) is 0 Å². The van der Waals surface area contributed by atoms with Crippen LogP contribution in [0.15, 0.2) is 48.4 Å². The van der Waals surface area contributed by atoms with Crippen molar-refractivity contribution >= 4 is 18.2 Å². The summed E-state index contributed by atoms with van der Waals surface area (Å²) in [5.41, 5.74) is 1.96. The molecule has 0 aromatic heterocycles. The molecule has 0 aliphatic rings. The van der Waals surface area contributed by atoms with Gasteiger partial charge in [-0.25, -0.2) is 0 Å². The van der Waals surface area contributed by atoms with Gasteiger partial charge < -0.3 is 0 Å². The van der Waals surface area contributed by atoms with Crippen LogP contribution in [0.3, 0.4) is 0 Å². The van der Waals surface area contributed by atoms with E-state index < -0.39 is 0 Å². The molecule has 0 saturated carbocycles. The first-order chi connectivity index (χ1) is 5.22. The van der Waals surface area contributed by atoms with Crippen LogP contribution in [0.25, 0.3) is 5.57 Å². The molecule has 0 spiro atoms. The molecule has 0 atom stereocenters. The molecule has 11 heavy (non-hydrogen) atoms. The van der Waals surface area contributed by atoms with Gasteiger partial charge >= 0.3 is 0 Å². The fraction of sp³-hybridized carbons (Fsp3) is 0. The van der Waals surface area contributed by atoms with Crippen molar-refractivity contribution in [3.05, 3.63) is 54.0 Å². The van der Waals surface area contributed by atoms with Crippen LogP contribution in [0.2, 0.25) is 0 Å². The number of allylic oxidation sites excluding steroid dienone is 1. The predicted molar refractivity (Wildman–Crippen MR) is 53.6 cm³/mol. The van der Waals surface area contributed by atoms with Crippen molar-refractivity contribution in [2.45, 2.75) is 0 Å². The van der Waals surface area contributed by atoms with Crippen LogP contribution < -0.4 is 0 Å². The minimum atomic E-state index is 0.719. The summed E-state index contributed by atoms with van der Waals surface area (Å²) in [5.74, 6) is 0. The second-order valence-electron chi connectivity index (χ2n) is 2.29. The predicted octanol–water partition coefficient (Wildman–Crippen LogP) is 3.14. The van der Waals surface area contributed by atoms with Crippen LogP contribution in [0.5, 0.6) is 0 Å². The third-order valence-electron chi connectivity index (χ3n) is 1.47. The molecule has 0 bridgehead atoms. The van der Waals surface area contributed by atoms with Gasteiger partial charge in [-0.3, -0.25) is 0 Å². The Kier molecular flexibility index (Phi) is 2.55. The monoisotopic (exact) mass is 162 g/mol. The topological polar surface area (TPSA) is 0 Å². The average Bonchev–Trinajstić information content (AvgIpc) is 2.05. The standard InChI is InChI=1S/C10H10S/c1-8(9(2)11)10-6-4-3-5-7-10/h3-7,11H,1-2H2. The highest BCUT2D eigenvalue weighted by molar-refractivity contribution is 7.85. The van der Waals surface area contributed by atoms with Crippen molar-refractivity contribution in [3.63, 3.8) is 0 Å². The first kappa shape index (κ1) is 8.15. The highest BCUT2D eigenvalue weighted by atomic mass is 32.1. The van der Waals surface area contributed by atoms with Crippen molar-refractivity contribution in [1.82, 2.24) is 0 Å². The van der Waals surface area contributed by atoms with Crippen LogP contribution in [0.4, 0.5) is 0 Å². The maximum atomic E-state index is 4.11. The van der Waals surface area contributed by atoms with Crippen molar-refractivity contribution in [3.8, 4) is 0 Å². The summed E-state index contributed by atoms with van der Waals surface area (Å²) >= 11 is 4.11. The fourth-order valence-corrected chi connectivity index (χ4v) is 0.935. The molecule has 0 nitrogen and oxygen atoms in total. The Morgan fingerprint density at radius 2 is 1.64 bits per heavy atom. The molecule has 0 radical (unpaired) electrons. The van der Waals surface area contributed by atoms with Crippen LogP contribution in [-0.4, -0.2) is 0 Å². The molecule has 56 valence electrons. The molecule has 1 aromatic rings. The van der Waals surface area contributed by atoms with Crippen LogP contribution in [0.1, 0.15) is 5.56 Å². The Bertz CT molecular complexity index is 272. The van der Waals surface area contributed by atoms with E-state index in [2.05, 4.69) is 25.8 Å². The van der Waals surface area contributed by atoms with Gasteiger partial charge in [0, 0.05) is 4.91 Å². The molecule has 0 N–H and O–H groups in total. The molecule has 0 aliphatic carbocycles. The third kappa shape index (κ3) is 1.99. The summed E-state index contributed by atoms with van der Waals surface area (Å²) in [4.78, 5) is 0.719. The Hall–Kier alpha value is -0.950. The van der Waals surface area contributed by atoms with Gasteiger partial charge in [0.2, 0.25) is 0 Å². The second-order valence-corrected chi connectivity index (χ2v) is 2.83. The maximum absolute atomic E-state index is 4.11. The number of hydrogen-bond donors (Lipinski definition) is 1. The Balaban J connectivity index is 2.95. The summed E-state index contributed by atoms with van der Waals surface area (Å²) < 4.78 is 0. The van der Waals surface area contributed by atoms with E-state index in [0.29, 0.717) is 0 Å². The van der Waals surface area contributed by atoms with Crippen molar-refractivity contribution in [2.24, 2.45) is 0 Å². The third-order valence-corrected chi connectivity index (χ3v) is 1.74. The molecule has 0 amide bonds. The molecule has 0 unspecified atom stereocenters. The van der Waals surface area contributed by atoms with Crippen molar-refractivity contribution in [2.75, 3.05) is 0 Å². The molecular formula is C10H10S. The van der Waals surface area contributed by atoms with E-state index in [1.165, 1.54) is 0 Å². The minimum Gasteiger partial charge on any atom is -0.143 e. The maximum Gasteiger partial charge on any atom is 0.00406 e. The lowest BCUT2D eigenvalue weighted by Crippen LogP contribution is -1.79. The van der Waals surface area contributed by atoms with Crippen molar-refractivity contribution in [1.29, 1.82) is 0 Å². The van der Waals surface area contributed by atoms with E-state index in [4.69, 9.17) is 0 Å². The lowest BCUT2D eigenvalue weighted by molar-refractivity contribution is 1.63. The molecule has 0 fully saturated rings. The van der Waals surface area contributed by atoms with E-state index in [1.54, 1.807) is 0 Å². The summed E-state index contributed by atoms with van der Waals surface area (Å²) in [5, 5.41) is 0. The molecule has 0 aliphatic heterocycles. The molecular weight excluding hydrogens is 152 g/mol. The second kappa shape index (κ2) is 3.44. The zero-order valence-corrected chi connectivity index (χ0v) is 7.14. The summed E-state index contributed by atoms with van der Waals surface area (Å²) in [6.07, 6.45) is 0. The quantitative estimate of drug-likeness (QED) is 0.501. The zero-order valence-electron chi connectivity index (χ0n) is 6.25. The highest BCUT2D eigenvalue weighted by Gasteiger charge is 1.96. The number of thiol groups is 1. The van der Waals surface area contributed by atoms with Gasteiger partial charge in [0.15, 0.2) is 0 Å². The number of benzene rings is 1. The molecule has 1 heteroatoms. The summed E-state index contributed by atoms with van der Waals surface area (Å²) in [7, 11) is 0. The fourth-order valence-electron chi connectivity index (χ4n) is 0.806. The van der Waals surface area contributed by atoms with Gasteiger partial charge in [0.1, 0.15) is 0 Å². The van der Waals surface area contributed by atoms with Gasteiger partial charge in [0.25, 0.3) is 0 Å². The van der Waals surface area contributed by atoms with Crippen molar-refractivity contribution < 1.29 is 0 Å². The molecule has 0 saturated heterocycles. The van der Waals surface area contributed by atoms with Crippen LogP contribution in [0, 0.1) is 0 Å². The lowest BCUT2D eigenvalue weighted by atomic mass is 10.1. The normalized spacial score (nSPS) is 9.18. The Morgan fingerprint density at radius 1 is 1.09 bits per heavy atom. The Morgan fingerprint density at radius 3 is 2.09 bits per heavy atom. The first-order valence-electron chi connectivity index (χ1n) is 3.34. The smallest absolute Gasteiger partial charge is 0.00406 e.